The van der Waals surface area contributed by atoms with Crippen LogP contribution in [-0.2, 0) is 13.1 Å². The first-order valence-electron chi connectivity index (χ1n) is 6.29. The average Bonchev–Trinajstić information content (AvgIpc) is 2.44. The lowest BCUT2D eigenvalue weighted by Crippen LogP contribution is -2.12. The number of phenolic OH excluding ortho intramolecular Hbond substituents is 1. The molecule has 2 aromatic carbocycles. The number of benzene rings is 2. The molecule has 5 nitrogen and oxygen atoms in total. The Balaban J connectivity index is 1.92. The molecular weight excluding hydrogens is 256 g/mol. The number of phenols is 1. The van der Waals surface area contributed by atoms with Gasteiger partial charge in [-0.2, -0.15) is 0 Å². The molecule has 2 N–H and O–H groups in total. The zero-order chi connectivity index (χ0) is 14.5. The number of hydrogen-bond donors (Lipinski definition) is 2. The fourth-order valence-electron chi connectivity index (χ4n) is 1.94. The second-order valence-electron chi connectivity index (χ2n) is 4.61. The fraction of sp³-hybridized carbons (Fsp3) is 0.200. The first kappa shape index (κ1) is 14.0. The molecule has 0 aliphatic heterocycles. The second kappa shape index (κ2) is 6.16. The average molecular weight is 272 g/mol. The third kappa shape index (κ3) is 3.33. The molecule has 0 aliphatic rings. The highest BCUT2D eigenvalue weighted by atomic mass is 16.6. The quantitative estimate of drug-likeness (QED) is 0.648. The molecule has 20 heavy (non-hydrogen) atoms. The lowest BCUT2D eigenvalue weighted by molar-refractivity contribution is -0.384. The molecule has 0 bridgehead atoms. The van der Waals surface area contributed by atoms with Crippen LogP contribution in [0.1, 0.15) is 16.7 Å². The maximum absolute atomic E-state index is 10.5. The summed E-state index contributed by atoms with van der Waals surface area (Å²) in [4.78, 5) is 10.1. The minimum atomic E-state index is -0.415. The van der Waals surface area contributed by atoms with Gasteiger partial charge in [0, 0.05) is 30.8 Å². The number of nitro groups is 1. The Kier molecular flexibility index (Phi) is 4.32. The minimum absolute atomic E-state index is 0.0880. The number of aromatic hydroxyl groups is 1. The number of rotatable bonds is 5. The van der Waals surface area contributed by atoms with Gasteiger partial charge >= 0.3 is 0 Å². The molecule has 0 amide bonds. The molecular formula is C15H16N2O3. The van der Waals surface area contributed by atoms with Gasteiger partial charge in [-0.25, -0.2) is 0 Å². The van der Waals surface area contributed by atoms with Crippen molar-refractivity contribution >= 4 is 5.69 Å². The maximum atomic E-state index is 10.5. The summed E-state index contributed by atoms with van der Waals surface area (Å²) in [6.45, 7) is 2.99. The lowest BCUT2D eigenvalue weighted by atomic mass is 10.1. The molecule has 0 aromatic heterocycles. The van der Waals surface area contributed by atoms with E-state index >= 15 is 0 Å². The van der Waals surface area contributed by atoms with Crippen molar-refractivity contribution in [1.82, 2.24) is 5.32 Å². The summed E-state index contributed by atoms with van der Waals surface area (Å²) < 4.78 is 0. The molecule has 0 spiro atoms. The highest BCUT2D eigenvalue weighted by molar-refractivity contribution is 5.39. The summed E-state index contributed by atoms with van der Waals surface area (Å²) in [7, 11) is 0. The SMILES string of the molecule is Cc1cccc(CNCc2ccc([N+](=O)[O-])cc2)c1O. The van der Waals surface area contributed by atoms with Gasteiger partial charge in [0.1, 0.15) is 5.75 Å². The van der Waals surface area contributed by atoms with Gasteiger partial charge in [-0.3, -0.25) is 10.1 Å². The number of aryl methyl sites for hydroxylation is 1. The Bertz CT molecular complexity index is 609. The summed E-state index contributed by atoms with van der Waals surface area (Å²) in [5.74, 6) is 0.309. The molecule has 0 saturated carbocycles. The van der Waals surface area contributed by atoms with Gasteiger partial charge in [0.2, 0.25) is 0 Å². The van der Waals surface area contributed by atoms with Crippen molar-refractivity contribution in [2.75, 3.05) is 0 Å². The van der Waals surface area contributed by atoms with Gasteiger partial charge < -0.3 is 10.4 Å². The van der Waals surface area contributed by atoms with E-state index in [1.165, 1.54) is 12.1 Å². The topological polar surface area (TPSA) is 75.4 Å². The Morgan fingerprint density at radius 1 is 1.15 bits per heavy atom. The monoisotopic (exact) mass is 272 g/mol. The smallest absolute Gasteiger partial charge is 0.269 e. The summed E-state index contributed by atoms with van der Waals surface area (Å²) >= 11 is 0. The summed E-state index contributed by atoms with van der Waals surface area (Å²) in [5.41, 5.74) is 2.74. The molecule has 0 aliphatic carbocycles. The first-order valence-corrected chi connectivity index (χ1v) is 6.29. The van der Waals surface area contributed by atoms with Gasteiger partial charge in [0.25, 0.3) is 5.69 Å². The molecule has 0 saturated heterocycles. The highest BCUT2D eigenvalue weighted by Gasteiger charge is 2.05. The van der Waals surface area contributed by atoms with Gasteiger partial charge in [0.15, 0.2) is 0 Å². The van der Waals surface area contributed by atoms with E-state index in [9.17, 15) is 15.2 Å². The number of non-ortho nitro benzene ring substituents is 1. The van der Waals surface area contributed by atoms with Crippen LogP contribution in [0.5, 0.6) is 5.75 Å². The molecule has 2 rings (SSSR count). The number of nitro benzene ring substituents is 1. The summed E-state index contributed by atoms with van der Waals surface area (Å²) in [6.07, 6.45) is 0. The van der Waals surface area contributed by atoms with E-state index in [4.69, 9.17) is 0 Å². The van der Waals surface area contributed by atoms with Crippen molar-refractivity contribution in [3.8, 4) is 5.75 Å². The van der Waals surface area contributed by atoms with Crippen molar-refractivity contribution < 1.29 is 10.0 Å². The van der Waals surface area contributed by atoms with E-state index < -0.39 is 4.92 Å². The molecule has 2 aromatic rings. The van der Waals surface area contributed by atoms with E-state index in [-0.39, 0.29) is 5.69 Å². The van der Waals surface area contributed by atoms with Gasteiger partial charge in [-0.15, -0.1) is 0 Å². The van der Waals surface area contributed by atoms with Crippen molar-refractivity contribution in [3.05, 3.63) is 69.3 Å². The Hall–Kier alpha value is -2.40. The van der Waals surface area contributed by atoms with E-state index in [1.54, 1.807) is 12.1 Å². The third-order valence-electron chi connectivity index (χ3n) is 3.11. The van der Waals surface area contributed by atoms with E-state index in [0.717, 1.165) is 16.7 Å². The number of nitrogens with zero attached hydrogens (tertiary/aromatic N) is 1. The Labute approximate surface area is 117 Å². The predicted octanol–water partition coefficient (Wildman–Crippen LogP) is 2.90. The largest absolute Gasteiger partial charge is 0.507 e. The van der Waals surface area contributed by atoms with Crippen molar-refractivity contribution in [3.63, 3.8) is 0 Å². The van der Waals surface area contributed by atoms with Crippen LogP contribution in [0, 0.1) is 17.0 Å². The van der Waals surface area contributed by atoms with Crippen molar-refractivity contribution in [1.29, 1.82) is 0 Å². The Morgan fingerprint density at radius 2 is 1.85 bits per heavy atom. The molecule has 0 heterocycles. The minimum Gasteiger partial charge on any atom is -0.507 e. The predicted molar refractivity (Wildman–Crippen MR) is 76.5 cm³/mol. The van der Waals surface area contributed by atoms with E-state index in [2.05, 4.69) is 5.32 Å². The van der Waals surface area contributed by atoms with Crippen LogP contribution in [0.2, 0.25) is 0 Å². The van der Waals surface area contributed by atoms with Crippen LogP contribution in [0.15, 0.2) is 42.5 Å². The standard InChI is InChI=1S/C15H16N2O3/c1-11-3-2-4-13(15(11)18)10-16-9-12-5-7-14(8-6-12)17(19)20/h2-8,16,18H,9-10H2,1H3. The van der Waals surface area contributed by atoms with Crippen molar-refractivity contribution in [2.24, 2.45) is 0 Å². The van der Waals surface area contributed by atoms with Crippen LogP contribution in [-0.4, -0.2) is 10.0 Å². The normalized spacial score (nSPS) is 10.4. The molecule has 0 atom stereocenters. The zero-order valence-corrected chi connectivity index (χ0v) is 11.2. The molecule has 0 radical (unpaired) electrons. The molecule has 5 heteroatoms. The van der Waals surface area contributed by atoms with Crippen LogP contribution in [0.25, 0.3) is 0 Å². The van der Waals surface area contributed by atoms with E-state index in [1.807, 2.05) is 25.1 Å². The molecule has 0 unspecified atom stereocenters. The number of hydrogen-bond acceptors (Lipinski definition) is 4. The highest BCUT2D eigenvalue weighted by Crippen LogP contribution is 2.21. The third-order valence-corrected chi connectivity index (χ3v) is 3.11. The number of para-hydroxylation sites is 1. The zero-order valence-electron chi connectivity index (χ0n) is 11.2. The molecule has 0 fully saturated rings. The lowest BCUT2D eigenvalue weighted by Gasteiger charge is -2.08. The van der Waals surface area contributed by atoms with Crippen LogP contribution in [0.4, 0.5) is 5.69 Å². The first-order chi connectivity index (χ1) is 9.58. The Morgan fingerprint density at radius 3 is 2.50 bits per heavy atom. The fourth-order valence-corrected chi connectivity index (χ4v) is 1.94. The maximum Gasteiger partial charge on any atom is 0.269 e. The number of nitrogens with one attached hydrogen (secondary N) is 1. The van der Waals surface area contributed by atoms with Gasteiger partial charge in [-0.1, -0.05) is 30.3 Å². The molecule has 104 valence electrons. The summed E-state index contributed by atoms with van der Waals surface area (Å²) in [6, 6.07) is 12.0. The van der Waals surface area contributed by atoms with Crippen LogP contribution in [0.3, 0.4) is 0 Å². The van der Waals surface area contributed by atoms with Gasteiger partial charge in [-0.05, 0) is 18.1 Å². The van der Waals surface area contributed by atoms with Crippen LogP contribution < -0.4 is 5.32 Å². The van der Waals surface area contributed by atoms with E-state index in [0.29, 0.717) is 18.8 Å². The van der Waals surface area contributed by atoms with Gasteiger partial charge in [0.05, 0.1) is 4.92 Å². The van der Waals surface area contributed by atoms with Crippen molar-refractivity contribution in [2.45, 2.75) is 20.0 Å². The van der Waals surface area contributed by atoms with Crippen LogP contribution >= 0.6 is 0 Å². The summed E-state index contributed by atoms with van der Waals surface area (Å²) in [5, 5.41) is 23.6. The second-order valence-corrected chi connectivity index (χ2v) is 4.61.